The number of halogens is 2. The number of primary sulfonamides is 1. The molecular weight excluding hydrogens is 321 g/mol. The van der Waals surface area contributed by atoms with Crippen LogP contribution in [-0.2, 0) is 10.0 Å². The Balaban J connectivity index is 2.36. The van der Waals surface area contributed by atoms with E-state index in [-0.39, 0.29) is 4.90 Å². The Morgan fingerprint density at radius 1 is 1.10 bits per heavy atom. The van der Waals surface area contributed by atoms with E-state index >= 15 is 0 Å². The summed E-state index contributed by atoms with van der Waals surface area (Å²) in [5.41, 5.74) is 0.489. The second-order valence-corrected chi connectivity index (χ2v) is 6.52. The molecule has 0 atom stereocenters. The molecule has 2 aromatic rings. The van der Waals surface area contributed by atoms with Crippen LogP contribution < -0.4 is 9.88 Å². The Morgan fingerprint density at radius 3 is 2.40 bits per heavy atom. The maximum atomic E-state index is 11.3. The van der Waals surface area contributed by atoms with Crippen LogP contribution >= 0.6 is 23.2 Å². The largest absolute Gasteiger partial charge is 0.456 e. The summed E-state index contributed by atoms with van der Waals surface area (Å²) in [7, 11) is -3.74. The molecule has 0 aromatic heterocycles. The topological polar surface area (TPSA) is 69.4 Å². The van der Waals surface area contributed by atoms with E-state index in [0.29, 0.717) is 27.1 Å². The van der Waals surface area contributed by atoms with Gasteiger partial charge in [0.05, 0.1) is 9.92 Å². The van der Waals surface area contributed by atoms with Gasteiger partial charge in [0, 0.05) is 11.1 Å². The Hall–Kier alpha value is -1.27. The van der Waals surface area contributed by atoms with Crippen LogP contribution in [0.1, 0.15) is 5.56 Å². The summed E-state index contributed by atoms with van der Waals surface area (Å²) in [4.78, 5) is 0.0574. The van der Waals surface area contributed by atoms with Gasteiger partial charge in [0.25, 0.3) is 0 Å². The summed E-state index contributed by atoms with van der Waals surface area (Å²) >= 11 is 11.9. The zero-order chi connectivity index (χ0) is 14.9. The summed E-state index contributed by atoms with van der Waals surface area (Å²) in [5.74, 6) is 0.834. The van der Waals surface area contributed by atoms with Crippen molar-refractivity contribution in [1.29, 1.82) is 0 Å². The zero-order valence-electron chi connectivity index (χ0n) is 10.4. The lowest BCUT2D eigenvalue weighted by atomic mass is 10.2. The van der Waals surface area contributed by atoms with E-state index in [1.807, 2.05) is 0 Å². The minimum atomic E-state index is -3.74. The van der Waals surface area contributed by atoms with E-state index in [1.165, 1.54) is 12.1 Å². The molecule has 2 rings (SSSR count). The molecule has 0 bridgehead atoms. The first-order valence-corrected chi connectivity index (χ1v) is 7.84. The number of hydrogen-bond acceptors (Lipinski definition) is 3. The number of aryl methyl sites for hydroxylation is 1. The molecule has 0 saturated carbocycles. The van der Waals surface area contributed by atoms with Gasteiger partial charge in [-0.25, -0.2) is 13.6 Å². The number of hydrogen-bond donors (Lipinski definition) is 1. The number of rotatable bonds is 3. The van der Waals surface area contributed by atoms with Crippen LogP contribution in [0.15, 0.2) is 41.3 Å². The van der Waals surface area contributed by atoms with Gasteiger partial charge in [0.15, 0.2) is 0 Å². The molecule has 0 heterocycles. The Morgan fingerprint density at radius 2 is 1.80 bits per heavy atom. The first-order valence-electron chi connectivity index (χ1n) is 5.54. The molecule has 20 heavy (non-hydrogen) atoms. The lowest BCUT2D eigenvalue weighted by Gasteiger charge is -2.10. The highest BCUT2D eigenvalue weighted by atomic mass is 35.5. The summed E-state index contributed by atoms with van der Waals surface area (Å²) in [5, 5.41) is 5.99. The van der Waals surface area contributed by atoms with Gasteiger partial charge in [0.1, 0.15) is 11.5 Å². The number of sulfonamides is 1. The summed E-state index contributed by atoms with van der Waals surface area (Å²) < 4.78 is 28.2. The van der Waals surface area contributed by atoms with E-state index in [2.05, 4.69) is 0 Å². The van der Waals surface area contributed by atoms with Gasteiger partial charge in [0.2, 0.25) is 10.0 Å². The third kappa shape index (κ3) is 3.43. The van der Waals surface area contributed by atoms with Crippen molar-refractivity contribution in [2.45, 2.75) is 11.8 Å². The van der Waals surface area contributed by atoms with Crippen LogP contribution in [0.5, 0.6) is 11.5 Å². The van der Waals surface area contributed by atoms with Crippen LogP contribution in [0.2, 0.25) is 10.0 Å². The Bertz CT molecular complexity index is 760. The zero-order valence-corrected chi connectivity index (χ0v) is 12.8. The minimum absolute atomic E-state index is 0.0574. The monoisotopic (exact) mass is 331 g/mol. The molecule has 0 spiro atoms. The Kier molecular flexibility index (Phi) is 4.25. The summed E-state index contributed by atoms with van der Waals surface area (Å²) in [6, 6.07) is 9.29. The van der Waals surface area contributed by atoms with Crippen LogP contribution in [0, 0.1) is 6.92 Å². The van der Waals surface area contributed by atoms with E-state index in [9.17, 15) is 8.42 Å². The number of nitrogens with two attached hydrogens (primary N) is 1. The van der Waals surface area contributed by atoms with E-state index in [1.54, 1.807) is 31.2 Å². The third-order valence-corrected chi connectivity index (χ3v) is 4.19. The standard InChI is InChI=1S/C13H11Cl2NO3S/c1-8-6-10(3-5-13(8)20(16,17)18)19-12-7-9(14)2-4-11(12)15/h2-7H,1H3,(H2,16,17,18). The minimum Gasteiger partial charge on any atom is -0.456 e. The highest BCUT2D eigenvalue weighted by molar-refractivity contribution is 7.89. The highest BCUT2D eigenvalue weighted by Gasteiger charge is 2.12. The molecule has 0 aliphatic heterocycles. The first-order chi connectivity index (χ1) is 9.27. The van der Waals surface area contributed by atoms with Crippen molar-refractivity contribution < 1.29 is 13.2 Å². The van der Waals surface area contributed by atoms with Crippen LogP contribution in [0.25, 0.3) is 0 Å². The third-order valence-electron chi connectivity index (χ3n) is 2.57. The smallest absolute Gasteiger partial charge is 0.238 e. The van der Waals surface area contributed by atoms with Crippen molar-refractivity contribution >= 4 is 33.2 Å². The predicted molar refractivity (Wildman–Crippen MR) is 79.1 cm³/mol. The fourth-order valence-corrected chi connectivity index (χ4v) is 2.77. The summed E-state index contributed by atoms with van der Waals surface area (Å²) in [6.45, 7) is 1.63. The van der Waals surface area contributed by atoms with Gasteiger partial charge < -0.3 is 4.74 Å². The van der Waals surface area contributed by atoms with Crippen molar-refractivity contribution in [2.24, 2.45) is 5.14 Å². The molecule has 0 radical (unpaired) electrons. The fourth-order valence-electron chi connectivity index (χ4n) is 1.69. The molecule has 7 heteroatoms. The fraction of sp³-hybridized carbons (Fsp3) is 0.0769. The second kappa shape index (κ2) is 5.61. The molecule has 0 aliphatic carbocycles. The van der Waals surface area contributed by atoms with E-state index in [4.69, 9.17) is 33.1 Å². The van der Waals surface area contributed by atoms with Crippen molar-refractivity contribution in [1.82, 2.24) is 0 Å². The van der Waals surface area contributed by atoms with E-state index < -0.39 is 10.0 Å². The Labute approximate surface area is 127 Å². The van der Waals surface area contributed by atoms with Gasteiger partial charge in [-0.05, 0) is 42.8 Å². The maximum Gasteiger partial charge on any atom is 0.238 e. The number of ether oxygens (including phenoxy) is 1. The van der Waals surface area contributed by atoms with Crippen molar-refractivity contribution in [3.05, 3.63) is 52.0 Å². The van der Waals surface area contributed by atoms with Crippen molar-refractivity contribution in [3.8, 4) is 11.5 Å². The molecule has 0 fully saturated rings. The average Bonchev–Trinajstić information content (AvgIpc) is 2.32. The molecule has 0 amide bonds. The molecule has 106 valence electrons. The van der Waals surface area contributed by atoms with Crippen molar-refractivity contribution in [2.75, 3.05) is 0 Å². The van der Waals surface area contributed by atoms with Gasteiger partial charge in [-0.2, -0.15) is 0 Å². The van der Waals surface area contributed by atoms with Gasteiger partial charge >= 0.3 is 0 Å². The quantitative estimate of drug-likeness (QED) is 0.931. The van der Waals surface area contributed by atoms with Crippen molar-refractivity contribution in [3.63, 3.8) is 0 Å². The summed E-state index contributed by atoms with van der Waals surface area (Å²) in [6.07, 6.45) is 0. The van der Waals surface area contributed by atoms with Crippen LogP contribution in [0.3, 0.4) is 0 Å². The molecule has 0 unspecified atom stereocenters. The average molecular weight is 332 g/mol. The predicted octanol–water partition coefficient (Wildman–Crippen LogP) is 3.74. The normalized spacial score (nSPS) is 11.4. The second-order valence-electron chi connectivity index (χ2n) is 4.15. The molecular formula is C13H11Cl2NO3S. The highest BCUT2D eigenvalue weighted by Crippen LogP contribution is 2.32. The van der Waals surface area contributed by atoms with Gasteiger partial charge in [-0.3, -0.25) is 0 Å². The maximum absolute atomic E-state index is 11.3. The molecule has 2 aromatic carbocycles. The van der Waals surface area contributed by atoms with Crippen LogP contribution in [-0.4, -0.2) is 8.42 Å². The lowest BCUT2D eigenvalue weighted by molar-refractivity contribution is 0.482. The molecule has 0 aliphatic rings. The van der Waals surface area contributed by atoms with Gasteiger partial charge in [-0.1, -0.05) is 23.2 Å². The molecule has 2 N–H and O–H groups in total. The number of benzene rings is 2. The molecule has 0 saturated heterocycles. The van der Waals surface area contributed by atoms with Crippen LogP contribution in [0.4, 0.5) is 0 Å². The van der Waals surface area contributed by atoms with Gasteiger partial charge in [-0.15, -0.1) is 0 Å². The van der Waals surface area contributed by atoms with E-state index in [0.717, 1.165) is 0 Å². The SMILES string of the molecule is Cc1cc(Oc2cc(Cl)ccc2Cl)ccc1S(N)(=O)=O. The first kappa shape index (κ1) is 15.1. The molecule has 4 nitrogen and oxygen atoms in total. The lowest BCUT2D eigenvalue weighted by Crippen LogP contribution is -2.13.